The van der Waals surface area contributed by atoms with Crippen LogP contribution in [0.25, 0.3) is 0 Å². The topological polar surface area (TPSA) is 66.5 Å². The van der Waals surface area contributed by atoms with Gasteiger partial charge in [0.25, 0.3) is 0 Å². The van der Waals surface area contributed by atoms with E-state index in [0.29, 0.717) is 29.4 Å². The Balaban J connectivity index is 2.06. The van der Waals surface area contributed by atoms with Gasteiger partial charge in [0.05, 0.1) is 35.5 Å². The zero-order valence-electron chi connectivity index (χ0n) is 19.1. The molecular formula is C24H31NO6. The molecule has 31 heavy (non-hydrogen) atoms. The van der Waals surface area contributed by atoms with Gasteiger partial charge < -0.3 is 23.7 Å². The molecule has 0 aromatic heterocycles. The third-order valence-electron chi connectivity index (χ3n) is 5.96. The average Bonchev–Trinajstić information content (AvgIpc) is 2.82. The fourth-order valence-electron chi connectivity index (χ4n) is 4.28. The lowest BCUT2D eigenvalue weighted by Crippen LogP contribution is -2.46. The number of ether oxygens (including phenoxy) is 5. The van der Waals surface area contributed by atoms with Gasteiger partial charge in [0.2, 0.25) is 0 Å². The maximum atomic E-state index is 12.4. The van der Waals surface area contributed by atoms with Crippen LogP contribution in [-0.2, 0) is 22.4 Å². The van der Waals surface area contributed by atoms with Crippen molar-refractivity contribution in [3.63, 3.8) is 0 Å². The van der Waals surface area contributed by atoms with Gasteiger partial charge in [-0.1, -0.05) is 6.07 Å². The summed E-state index contributed by atoms with van der Waals surface area (Å²) in [6.45, 7) is 2.62. The largest absolute Gasteiger partial charge is 0.493 e. The van der Waals surface area contributed by atoms with Crippen LogP contribution in [0.1, 0.15) is 29.7 Å². The Labute approximate surface area is 183 Å². The van der Waals surface area contributed by atoms with Gasteiger partial charge in [0.1, 0.15) is 6.04 Å². The van der Waals surface area contributed by atoms with Crippen LogP contribution in [0.15, 0.2) is 30.3 Å². The van der Waals surface area contributed by atoms with Gasteiger partial charge in [-0.2, -0.15) is 0 Å². The van der Waals surface area contributed by atoms with Gasteiger partial charge in [0.15, 0.2) is 23.0 Å². The number of hydrogen-bond donors (Lipinski definition) is 0. The Bertz CT molecular complexity index is 929. The van der Waals surface area contributed by atoms with Crippen molar-refractivity contribution in [2.24, 2.45) is 0 Å². The molecule has 1 aliphatic rings. The summed E-state index contributed by atoms with van der Waals surface area (Å²) >= 11 is 0. The molecule has 0 N–H and O–H groups in total. The molecular weight excluding hydrogens is 398 g/mol. The zero-order valence-corrected chi connectivity index (χ0v) is 19.1. The van der Waals surface area contributed by atoms with E-state index in [4.69, 9.17) is 23.7 Å². The van der Waals surface area contributed by atoms with Crippen molar-refractivity contribution in [3.05, 3.63) is 47.0 Å². The molecule has 0 spiro atoms. The van der Waals surface area contributed by atoms with Crippen molar-refractivity contribution in [1.29, 1.82) is 0 Å². The maximum Gasteiger partial charge on any atom is 0.322 e. The van der Waals surface area contributed by atoms with Crippen molar-refractivity contribution in [2.75, 3.05) is 42.1 Å². The first-order chi connectivity index (χ1) is 15.0. The number of carbonyl (C=O) groups is 1. The molecule has 2 atom stereocenters. The van der Waals surface area contributed by atoms with E-state index >= 15 is 0 Å². The molecule has 0 radical (unpaired) electrons. The van der Waals surface area contributed by atoms with E-state index in [9.17, 15) is 4.79 Å². The smallest absolute Gasteiger partial charge is 0.322 e. The molecule has 7 nitrogen and oxygen atoms in total. The third-order valence-corrected chi connectivity index (χ3v) is 5.96. The van der Waals surface area contributed by atoms with Crippen molar-refractivity contribution < 1.29 is 28.5 Å². The van der Waals surface area contributed by atoms with Gasteiger partial charge in [0, 0.05) is 12.6 Å². The minimum Gasteiger partial charge on any atom is -0.493 e. The van der Waals surface area contributed by atoms with Crippen LogP contribution >= 0.6 is 0 Å². The number of rotatable bonds is 8. The predicted molar refractivity (Wildman–Crippen MR) is 117 cm³/mol. The highest BCUT2D eigenvalue weighted by Gasteiger charge is 2.35. The van der Waals surface area contributed by atoms with Gasteiger partial charge >= 0.3 is 5.97 Å². The number of carbonyl (C=O) groups excluding carboxylic acids is 1. The van der Waals surface area contributed by atoms with E-state index in [2.05, 4.69) is 4.90 Å². The van der Waals surface area contributed by atoms with Gasteiger partial charge in [-0.05, 0) is 60.7 Å². The first-order valence-electron chi connectivity index (χ1n) is 10.3. The minimum absolute atomic E-state index is 0.0456. The standard InChI is InChI=1S/C24H31NO6/c1-15(24(26)31-6)25-10-9-17-13-22(29-4)23(30-5)14-18(17)19(25)11-16-7-8-20(27-2)21(12-16)28-3/h7-8,12-15,19H,9-11H2,1-6H3/t15?,19-/m1/s1. The van der Waals surface area contributed by atoms with Crippen LogP contribution in [0.5, 0.6) is 23.0 Å². The highest BCUT2D eigenvalue weighted by Crippen LogP contribution is 2.41. The van der Waals surface area contributed by atoms with E-state index < -0.39 is 0 Å². The predicted octanol–water partition coefficient (Wildman–Crippen LogP) is 3.42. The zero-order chi connectivity index (χ0) is 22.5. The summed E-state index contributed by atoms with van der Waals surface area (Å²) in [5.41, 5.74) is 3.39. The number of fused-ring (bicyclic) bond motifs is 1. The fourth-order valence-corrected chi connectivity index (χ4v) is 4.28. The van der Waals surface area contributed by atoms with E-state index in [1.807, 2.05) is 37.3 Å². The second-order valence-corrected chi connectivity index (χ2v) is 7.50. The molecule has 1 heterocycles. The Morgan fingerprint density at radius 2 is 1.55 bits per heavy atom. The van der Waals surface area contributed by atoms with Gasteiger partial charge in [-0.15, -0.1) is 0 Å². The first kappa shape index (κ1) is 22.7. The summed E-state index contributed by atoms with van der Waals surface area (Å²) in [6, 6.07) is 9.55. The third kappa shape index (κ3) is 4.56. The Kier molecular flexibility index (Phi) is 7.28. The fraction of sp³-hybridized carbons (Fsp3) is 0.458. The molecule has 3 rings (SSSR count). The van der Waals surface area contributed by atoms with Crippen molar-refractivity contribution in [1.82, 2.24) is 4.90 Å². The van der Waals surface area contributed by atoms with Crippen LogP contribution < -0.4 is 18.9 Å². The minimum atomic E-state index is -0.378. The molecule has 0 bridgehead atoms. The molecule has 0 saturated heterocycles. The molecule has 1 aliphatic heterocycles. The number of nitrogens with zero attached hydrogens (tertiary/aromatic N) is 1. The van der Waals surface area contributed by atoms with Gasteiger partial charge in [-0.25, -0.2) is 0 Å². The summed E-state index contributed by atoms with van der Waals surface area (Å²) in [4.78, 5) is 14.6. The molecule has 2 aromatic carbocycles. The number of hydrogen-bond acceptors (Lipinski definition) is 7. The summed E-state index contributed by atoms with van der Waals surface area (Å²) in [5.74, 6) is 2.49. The number of benzene rings is 2. The summed E-state index contributed by atoms with van der Waals surface area (Å²) < 4.78 is 27.0. The van der Waals surface area contributed by atoms with Gasteiger partial charge in [-0.3, -0.25) is 9.69 Å². The van der Waals surface area contributed by atoms with E-state index in [1.165, 1.54) is 12.7 Å². The van der Waals surface area contributed by atoms with E-state index in [1.54, 1.807) is 28.4 Å². The van der Waals surface area contributed by atoms with Crippen LogP contribution in [0, 0.1) is 0 Å². The average molecular weight is 430 g/mol. The van der Waals surface area contributed by atoms with E-state index in [0.717, 1.165) is 24.1 Å². The second kappa shape index (κ2) is 9.92. The molecule has 0 aliphatic carbocycles. The van der Waals surface area contributed by atoms with Crippen LogP contribution in [0.4, 0.5) is 0 Å². The lowest BCUT2D eigenvalue weighted by Gasteiger charge is -2.40. The number of methoxy groups -OCH3 is 5. The summed E-state index contributed by atoms with van der Waals surface area (Å²) in [7, 11) is 7.94. The normalized spacial score (nSPS) is 16.8. The second-order valence-electron chi connectivity index (χ2n) is 7.50. The molecule has 1 unspecified atom stereocenters. The molecule has 2 aromatic rings. The number of esters is 1. The first-order valence-corrected chi connectivity index (χ1v) is 10.3. The Morgan fingerprint density at radius 1 is 0.935 bits per heavy atom. The lowest BCUT2D eigenvalue weighted by molar-refractivity contribution is -0.147. The highest BCUT2D eigenvalue weighted by atomic mass is 16.5. The monoisotopic (exact) mass is 429 g/mol. The van der Waals surface area contributed by atoms with Crippen molar-refractivity contribution in [3.8, 4) is 23.0 Å². The van der Waals surface area contributed by atoms with Crippen LogP contribution in [0.3, 0.4) is 0 Å². The SMILES string of the molecule is COC(=O)C(C)N1CCc2cc(OC)c(OC)cc2[C@H]1Cc1ccc(OC)c(OC)c1. The molecule has 168 valence electrons. The molecule has 7 heteroatoms. The summed E-state index contributed by atoms with van der Waals surface area (Å²) in [6.07, 6.45) is 1.49. The lowest BCUT2D eigenvalue weighted by atomic mass is 9.87. The molecule has 0 saturated carbocycles. The molecule has 0 amide bonds. The molecule has 0 fully saturated rings. The van der Waals surface area contributed by atoms with E-state index in [-0.39, 0.29) is 18.1 Å². The van der Waals surface area contributed by atoms with Crippen molar-refractivity contribution >= 4 is 5.97 Å². The Morgan fingerprint density at radius 3 is 2.16 bits per heavy atom. The maximum absolute atomic E-state index is 12.4. The Hall–Kier alpha value is -2.93. The van der Waals surface area contributed by atoms with Crippen molar-refractivity contribution in [2.45, 2.75) is 31.8 Å². The van der Waals surface area contributed by atoms with Crippen LogP contribution in [-0.4, -0.2) is 59.0 Å². The highest BCUT2D eigenvalue weighted by molar-refractivity contribution is 5.75. The van der Waals surface area contributed by atoms with Crippen LogP contribution in [0.2, 0.25) is 0 Å². The quantitative estimate of drug-likeness (QED) is 0.596. The summed E-state index contributed by atoms with van der Waals surface area (Å²) in [5, 5.41) is 0.